The predicted octanol–water partition coefficient (Wildman–Crippen LogP) is 5.37. The average molecular weight is 579 g/mol. The molecule has 7 nitrogen and oxygen atoms in total. The van der Waals surface area contributed by atoms with Gasteiger partial charge >= 0.3 is 5.97 Å². The second kappa shape index (κ2) is 15.6. The maximum Gasteiger partial charge on any atom is 0.328 e. The van der Waals surface area contributed by atoms with Gasteiger partial charge in [-0.05, 0) is 71.8 Å². The number of phenols is 1. The van der Waals surface area contributed by atoms with Crippen LogP contribution in [0.3, 0.4) is 0 Å². The van der Waals surface area contributed by atoms with E-state index in [1.165, 1.54) is 43.5 Å². The number of thioether (sulfide) groups is 1. The first-order valence-corrected chi connectivity index (χ1v) is 14.5. The molecule has 0 aromatic heterocycles. The highest BCUT2D eigenvalue weighted by Crippen LogP contribution is 2.22. The lowest BCUT2D eigenvalue weighted by molar-refractivity contribution is -0.145. The average Bonchev–Trinajstić information content (AvgIpc) is 2.99. The fraction of sp³-hybridized carbons (Fsp3) is 0.281. The zero-order valence-electron chi connectivity index (χ0n) is 23.4. The Kier molecular flexibility index (Phi) is 12.0. The number of aromatic hydroxyl groups is 1. The van der Waals surface area contributed by atoms with Gasteiger partial charge in [-0.15, -0.1) is 11.8 Å². The Morgan fingerprint density at radius 3 is 2.20 bits per heavy atom. The number of carbonyl (C=O) groups excluding carboxylic acids is 3. The van der Waals surface area contributed by atoms with Crippen LogP contribution in [-0.2, 0) is 25.5 Å². The maximum absolute atomic E-state index is 13.7. The lowest BCUT2D eigenvalue weighted by Crippen LogP contribution is -2.52. The van der Waals surface area contributed by atoms with Gasteiger partial charge in [0.1, 0.15) is 23.7 Å². The Balaban J connectivity index is 1.87. The number of nitrogens with one attached hydrogen (secondary N) is 2. The molecule has 0 aliphatic rings. The number of phenolic OH excluding ortho intramolecular Hbond substituents is 1. The number of halogens is 1. The summed E-state index contributed by atoms with van der Waals surface area (Å²) >= 11 is 1.60. The van der Waals surface area contributed by atoms with Gasteiger partial charge in [0, 0.05) is 16.9 Å². The first-order chi connectivity index (χ1) is 19.7. The maximum atomic E-state index is 13.7. The van der Waals surface area contributed by atoms with E-state index >= 15 is 0 Å². The molecule has 0 saturated heterocycles. The van der Waals surface area contributed by atoms with E-state index in [2.05, 4.69) is 10.6 Å². The van der Waals surface area contributed by atoms with Crippen LogP contribution in [0.5, 0.6) is 5.75 Å². The van der Waals surface area contributed by atoms with Crippen molar-refractivity contribution < 1.29 is 28.6 Å². The van der Waals surface area contributed by atoms with E-state index in [-0.39, 0.29) is 17.7 Å². The van der Waals surface area contributed by atoms with Crippen molar-refractivity contribution in [2.75, 3.05) is 13.4 Å². The summed E-state index contributed by atoms with van der Waals surface area (Å²) in [5.74, 6) is -2.01. The molecule has 2 unspecified atom stereocenters. The molecule has 3 aromatic rings. The predicted molar refractivity (Wildman–Crippen MR) is 160 cm³/mol. The molecule has 3 aromatic carbocycles. The summed E-state index contributed by atoms with van der Waals surface area (Å²) in [6.07, 6.45) is 5.60. The van der Waals surface area contributed by atoms with Crippen LogP contribution in [0.2, 0.25) is 0 Å². The minimum absolute atomic E-state index is 0.0833. The van der Waals surface area contributed by atoms with E-state index in [4.69, 9.17) is 4.74 Å². The van der Waals surface area contributed by atoms with Gasteiger partial charge in [-0.25, -0.2) is 9.18 Å². The van der Waals surface area contributed by atoms with Crippen LogP contribution in [-0.4, -0.2) is 48.3 Å². The normalized spacial score (nSPS) is 12.7. The standard InChI is InChI=1S/C32H35FN2O5S/c1-4-5-6-28(31(38)35-29(32(39)40-2)20-22-7-15-25(36)16-8-22)34-30(37)27(23-11-13-24(33)14-12-23)19-21-9-17-26(41-3)18-10-21/h7-19,28-29,36H,4-6,20H2,1-3H3,(H,34,37)(H,35,38)/b27-19-. The first-order valence-electron chi connectivity index (χ1n) is 13.3. The second-order valence-electron chi connectivity index (χ2n) is 9.46. The Hall–Kier alpha value is -4.11. The van der Waals surface area contributed by atoms with Gasteiger partial charge in [-0.3, -0.25) is 9.59 Å². The highest BCUT2D eigenvalue weighted by Gasteiger charge is 2.28. The highest BCUT2D eigenvalue weighted by atomic mass is 32.2. The number of ether oxygens (including phenoxy) is 1. The van der Waals surface area contributed by atoms with Gasteiger partial charge in [-0.1, -0.05) is 56.2 Å². The third kappa shape index (κ3) is 9.49. The molecule has 3 rings (SSSR count). The molecular weight excluding hydrogens is 543 g/mol. The number of hydrogen-bond donors (Lipinski definition) is 3. The number of rotatable bonds is 13. The van der Waals surface area contributed by atoms with Crippen molar-refractivity contribution in [1.82, 2.24) is 10.6 Å². The van der Waals surface area contributed by atoms with Crippen molar-refractivity contribution in [3.63, 3.8) is 0 Å². The van der Waals surface area contributed by atoms with Crippen LogP contribution >= 0.6 is 11.8 Å². The minimum Gasteiger partial charge on any atom is -0.508 e. The minimum atomic E-state index is -1.000. The van der Waals surface area contributed by atoms with E-state index in [9.17, 15) is 23.9 Å². The van der Waals surface area contributed by atoms with Crippen molar-refractivity contribution in [2.24, 2.45) is 0 Å². The lowest BCUT2D eigenvalue weighted by Gasteiger charge is -2.23. The van der Waals surface area contributed by atoms with Crippen molar-refractivity contribution >= 4 is 41.2 Å². The second-order valence-corrected chi connectivity index (χ2v) is 10.3. The number of carbonyl (C=O) groups is 3. The molecule has 0 heterocycles. The Labute approximate surface area is 244 Å². The molecule has 0 fully saturated rings. The Bertz CT molecular complexity index is 1340. The molecule has 0 bridgehead atoms. The van der Waals surface area contributed by atoms with Gasteiger partial charge in [0.2, 0.25) is 5.91 Å². The van der Waals surface area contributed by atoms with Crippen LogP contribution in [0.25, 0.3) is 11.6 Å². The van der Waals surface area contributed by atoms with Gasteiger partial charge in [0.05, 0.1) is 7.11 Å². The zero-order valence-corrected chi connectivity index (χ0v) is 24.2. The fourth-order valence-corrected chi connectivity index (χ4v) is 4.57. The third-order valence-electron chi connectivity index (χ3n) is 6.47. The van der Waals surface area contributed by atoms with Crippen LogP contribution in [0.1, 0.15) is 42.9 Å². The van der Waals surface area contributed by atoms with Gasteiger partial charge < -0.3 is 20.5 Å². The van der Waals surface area contributed by atoms with Gasteiger partial charge in [0.15, 0.2) is 0 Å². The molecule has 41 heavy (non-hydrogen) atoms. The quantitative estimate of drug-likeness (QED) is 0.109. The molecule has 0 spiro atoms. The molecule has 216 valence electrons. The van der Waals surface area contributed by atoms with Crippen LogP contribution in [0.15, 0.2) is 77.7 Å². The molecule has 0 aliphatic heterocycles. The SMILES string of the molecule is CCCCC(NC(=O)/C(=C\c1ccc(SC)cc1)c1ccc(F)cc1)C(=O)NC(Cc1ccc(O)cc1)C(=O)OC. The number of amides is 2. The smallest absolute Gasteiger partial charge is 0.328 e. The summed E-state index contributed by atoms with van der Waals surface area (Å²) < 4.78 is 18.6. The van der Waals surface area contributed by atoms with E-state index in [1.807, 2.05) is 37.4 Å². The first kappa shape index (κ1) is 31.4. The molecule has 0 aliphatic carbocycles. The summed E-state index contributed by atoms with van der Waals surface area (Å²) in [4.78, 5) is 40.7. The van der Waals surface area contributed by atoms with Gasteiger partial charge in [0.25, 0.3) is 5.91 Å². The molecule has 2 amide bonds. The molecule has 0 radical (unpaired) electrons. The van der Waals surface area contributed by atoms with Crippen LogP contribution in [0, 0.1) is 5.82 Å². The van der Waals surface area contributed by atoms with Crippen molar-refractivity contribution in [3.05, 3.63) is 95.3 Å². The van der Waals surface area contributed by atoms with Crippen molar-refractivity contribution in [1.29, 1.82) is 0 Å². The number of esters is 1. The van der Waals surface area contributed by atoms with Gasteiger partial charge in [-0.2, -0.15) is 0 Å². The number of unbranched alkanes of at least 4 members (excludes halogenated alkanes) is 1. The zero-order chi connectivity index (χ0) is 29.8. The van der Waals surface area contributed by atoms with Crippen LogP contribution in [0.4, 0.5) is 4.39 Å². The topological polar surface area (TPSA) is 105 Å². The van der Waals surface area contributed by atoms with Crippen LogP contribution < -0.4 is 10.6 Å². The van der Waals surface area contributed by atoms with E-state index in [0.29, 0.717) is 24.0 Å². The van der Waals surface area contributed by atoms with E-state index in [0.717, 1.165) is 16.9 Å². The summed E-state index contributed by atoms with van der Waals surface area (Å²) in [6.45, 7) is 1.97. The molecule has 2 atom stereocenters. The summed E-state index contributed by atoms with van der Waals surface area (Å²) in [7, 11) is 1.24. The lowest BCUT2D eigenvalue weighted by atomic mass is 10.0. The molecule has 0 saturated carbocycles. The largest absolute Gasteiger partial charge is 0.508 e. The summed E-state index contributed by atoms with van der Waals surface area (Å²) in [5, 5.41) is 15.1. The highest BCUT2D eigenvalue weighted by molar-refractivity contribution is 7.98. The van der Waals surface area contributed by atoms with Crippen molar-refractivity contribution in [3.8, 4) is 5.75 Å². The summed E-state index contributed by atoms with van der Waals surface area (Å²) in [5.41, 5.74) is 2.24. The molecule has 9 heteroatoms. The monoisotopic (exact) mass is 578 g/mol. The molecule has 3 N–H and O–H groups in total. The van der Waals surface area contributed by atoms with Crippen molar-refractivity contribution in [2.45, 2.75) is 49.6 Å². The Morgan fingerprint density at radius 2 is 1.61 bits per heavy atom. The summed E-state index contributed by atoms with van der Waals surface area (Å²) in [6, 6.07) is 17.6. The number of benzene rings is 3. The number of methoxy groups -OCH3 is 1. The molecular formula is C32H35FN2O5S. The van der Waals surface area contributed by atoms with E-state index < -0.39 is 35.7 Å². The Morgan fingerprint density at radius 1 is 0.951 bits per heavy atom. The number of hydrogen-bond acceptors (Lipinski definition) is 6. The van der Waals surface area contributed by atoms with E-state index in [1.54, 1.807) is 30.0 Å². The third-order valence-corrected chi connectivity index (χ3v) is 7.22. The fourth-order valence-electron chi connectivity index (χ4n) is 4.16.